The van der Waals surface area contributed by atoms with Crippen molar-refractivity contribution in [1.82, 2.24) is 10.2 Å². The number of nitrogens with zero attached hydrogens (tertiary/aromatic N) is 1. The van der Waals surface area contributed by atoms with E-state index in [1.165, 1.54) is 24.2 Å². The van der Waals surface area contributed by atoms with Gasteiger partial charge in [-0.2, -0.15) is 0 Å². The summed E-state index contributed by atoms with van der Waals surface area (Å²) < 4.78 is 0. The molecule has 5 aliphatic rings. The molecule has 3 fully saturated rings. The first-order valence-corrected chi connectivity index (χ1v) is 9.48. The number of hydrogen-bond acceptors (Lipinski definition) is 3. The number of fused-ring (bicyclic) bond motifs is 1. The van der Waals surface area contributed by atoms with E-state index < -0.39 is 0 Å². The van der Waals surface area contributed by atoms with Gasteiger partial charge in [-0.05, 0) is 37.5 Å². The molecule has 5 rings (SSSR count). The van der Waals surface area contributed by atoms with Crippen LogP contribution in [0.1, 0.15) is 51.4 Å². The summed E-state index contributed by atoms with van der Waals surface area (Å²) in [6.45, 7) is 0.239. The molecule has 1 heterocycles. The number of amides is 3. The van der Waals surface area contributed by atoms with E-state index in [0.717, 1.165) is 25.7 Å². The van der Waals surface area contributed by atoms with E-state index in [1.54, 1.807) is 0 Å². The topological polar surface area (TPSA) is 66.5 Å². The number of rotatable bonds is 4. The van der Waals surface area contributed by atoms with Crippen molar-refractivity contribution in [1.29, 1.82) is 0 Å². The zero-order valence-electron chi connectivity index (χ0n) is 14.1. The number of likely N-dealkylation sites (tertiary alicyclic amines) is 1. The average Bonchev–Trinajstić information content (AvgIpc) is 2.88. The Morgan fingerprint density at radius 2 is 1.54 bits per heavy atom. The maximum atomic E-state index is 12.7. The third kappa shape index (κ3) is 2.68. The summed E-state index contributed by atoms with van der Waals surface area (Å²) in [6.07, 6.45) is 12.2. The smallest absolute Gasteiger partial charge is 0.233 e. The molecule has 130 valence electrons. The standard InChI is InChI=1S/C19H26N2O3/c22-15(20-14-4-2-1-3-5-14)10-11-21-18(23)16-12-6-7-13(9-8-12)17(16)19(21)24/h6-7,12-14,16-17H,1-5,8-11H2,(H,20,22)/t12-,13-,16-,17+/m0/s1. The summed E-state index contributed by atoms with van der Waals surface area (Å²) in [5, 5.41) is 3.06. The van der Waals surface area contributed by atoms with Gasteiger partial charge in [-0.1, -0.05) is 31.4 Å². The van der Waals surface area contributed by atoms with Crippen LogP contribution in [0.5, 0.6) is 0 Å². The second-order valence-corrected chi connectivity index (χ2v) is 7.82. The SMILES string of the molecule is O=C(CCN1C(=O)[C@@H]2[C@H](C1=O)[C@H]1C=C[C@H]2CC1)NC1CCCCC1. The first-order chi connectivity index (χ1) is 11.6. The van der Waals surface area contributed by atoms with Crippen molar-refractivity contribution in [2.45, 2.75) is 57.4 Å². The van der Waals surface area contributed by atoms with Crippen LogP contribution in [0.4, 0.5) is 0 Å². The van der Waals surface area contributed by atoms with Crippen LogP contribution in [0.25, 0.3) is 0 Å². The molecule has 4 atom stereocenters. The maximum absolute atomic E-state index is 12.7. The minimum absolute atomic E-state index is 0.0292. The van der Waals surface area contributed by atoms with Crippen LogP contribution >= 0.6 is 0 Å². The summed E-state index contributed by atoms with van der Waals surface area (Å²) in [7, 11) is 0. The lowest BCUT2D eigenvalue weighted by Gasteiger charge is -2.38. The van der Waals surface area contributed by atoms with Crippen molar-refractivity contribution in [3.8, 4) is 0 Å². The van der Waals surface area contributed by atoms with Crippen molar-refractivity contribution < 1.29 is 14.4 Å². The molecule has 1 N–H and O–H groups in total. The van der Waals surface area contributed by atoms with Gasteiger partial charge < -0.3 is 5.32 Å². The third-order valence-corrected chi connectivity index (χ3v) is 6.38. The summed E-state index contributed by atoms with van der Waals surface area (Å²) >= 11 is 0. The largest absolute Gasteiger partial charge is 0.353 e. The highest BCUT2D eigenvalue weighted by Gasteiger charge is 2.56. The summed E-state index contributed by atoms with van der Waals surface area (Å²) in [5.74, 6) is -0.0113. The highest BCUT2D eigenvalue weighted by atomic mass is 16.2. The predicted molar refractivity (Wildman–Crippen MR) is 88.7 cm³/mol. The van der Waals surface area contributed by atoms with Crippen molar-refractivity contribution in [3.05, 3.63) is 12.2 Å². The summed E-state index contributed by atoms with van der Waals surface area (Å²) in [5.41, 5.74) is 0. The number of nitrogens with one attached hydrogen (secondary N) is 1. The van der Waals surface area contributed by atoms with Crippen LogP contribution in [0.2, 0.25) is 0 Å². The molecular formula is C19H26N2O3. The Morgan fingerprint density at radius 3 is 2.08 bits per heavy atom. The molecule has 0 radical (unpaired) electrons. The molecule has 1 saturated heterocycles. The third-order valence-electron chi connectivity index (χ3n) is 6.38. The fraction of sp³-hybridized carbons (Fsp3) is 0.737. The van der Waals surface area contributed by atoms with E-state index in [-0.39, 0.29) is 60.4 Å². The molecule has 3 amide bonds. The van der Waals surface area contributed by atoms with Crippen molar-refractivity contribution in [3.63, 3.8) is 0 Å². The van der Waals surface area contributed by atoms with Gasteiger partial charge in [0, 0.05) is 19.0 Å². The van der Waals surface area contributed by atoms with Gasteiger partial charge in [0.1, 0.15) is 0 Å². The lowest BCUT2D eigenvalue weighted by molar-refractivity contribution is -0.140. The number of carbonyl (C=O) groups excluding carboxylic acids is 3. The van der Waals surface area contributed by atoms with Gasteiger partial charge in [-0.3, -0.25) is 19.3 Å². The summed E-state index contributed by atoms with van der Waals surface area (Å²) in [4.78, 5) is 38.9. The molecule has 24 heavy (non-hydrogen) atoms. The van der Waals surface area contributed by atoms with E-state index >= 15 is 0 Å². The first kappa shape index (κ1) is 15.9. The van der Waals surface area contributed by atoms with Crippen LogP contribution in [0, 0.1) is 23.7 Å². The minimum atomic E-state index is -0.164. The van der Waals surface area contributed by atoms with Crippen molar-refractivity contribution in [2.24, 2.45) is 23.7 Å². The van der Waals surface area contributed by atoms with Crippen LogP contribution in [-0.2, 0) is 14.4 Å². The van der Waals surface area contributed by atoms with E-state index in [2.05, 4.69) is 17.5 Å². The van der Waals surface area contributed by atoms with Gasteiger partial charge >= 0.3 is 0 Å². The van der Waals surface area contributed by atoms with Gasteiger partial charge in [0.15, 0.2) is 0 Å². The Labute approximate surface area is 142 Å². The average molecular weight is 330 g/mol. The number of carbonyl (C=O) groups is 3. The molecule has 2 bridgehead atoms. The molecule has 0 aromatic rings. The normalized spacial score (nSPS) is 35.4. The molecule has 4 aliphatic carbocycles. The zero-order valence-corrected chi connectivity index (χ0v) is 14.1. The highest BCUT2D eigenvalue weighted by molar-refractivity contribution is 6.06. The number of imide groups is 1. The Morgan fingerprint density at radius 1 is 0.958 bits per heavy atom. The van der Waals surface area contributed by atoms with Crippen LogP contribution in [0.15, 0.2) is 12.2 Å². The Balaban J connectivity index is 1.34. The van der Waals surface area contributed by atoms with Crippen LogP contribution in [0.3, 0.4) is 0 Å². The Bertz CT molecular complexity index is 547. The molecule has 5 heteroatoms. The fourth-order valence-electron chi connectivity index (χ4n) is 5.12. The van der Waals surface area contributed by atoms with Crippen molar-refractivity contribution >= 4 is 17.7 Å². The maximum Gasteiger partial charge on any atom is 0.233 e. The van der Waals surface area contributed by atoms with Gasteiger partial charge in [-0.25, -0.2) is 0 Å². The quantitative estimate of drug-likeness (QED) is 0.633. The van der Waals surface area contributed by atoms with Gasteiger partial charge in [0.05, 0.1) is 11.8 Å². The van der Waals surface area contributed by atoms with E-state index in [0.29, 0.717) is 0 Å². The van der Waals surface area contributed by atoms with Gasteiger partial charge in [-0.15, -0.1) is 0 Å². The molecule has 0 unspecified atom stereocenters. The van der Waals surface area contributed by atoms with E-state index in [4.69, 9.17) is 0 Å². The van der Waals surface area contributed by atoms with Gasteiger partial charge in [0.2, 0.25) is 17.7 Å². The molecule has 1 aliphatic heterocycles. The molecule has 0 aromatic heterocycles. The molecule has 5 nitrogen and oxygen atoms in total. The second kappa shape index (κ2) is 6.34. The minimum Gasteiger partial charge on any atom is -0.353 e. The van der Waals surface area contributed by atoms with Crippen LogP contribution in [-0.4, -0.2) is 35.2 Å². The fourth-order valence-corrected chi connectivity index (χ4v) is 5.12. The Hall–Kier alpha value is -1.65. The summed E-state index contributed by atoms with van der Waals surface area (Å²) in [6, 6.07) is 0.277. The van der Waals surface area contributed by atoms with E-state index in [1.807, 2.05) is 0 Å². The second-order valence-electron chi connectivity index (χ2n) is 7.82. The number of hydrogen-bond donors (Lipinski definition) is 1. The van der Waals surface area contributed by atoms with Crippen LogP contribution < -0.4 is 5.32 Å². The zero-order chi connectivity index (χ0) is 16.7. The molecular weight excluding hydrogens is 304 g/mol. The molecule has 0 spiro atoms. The highest BCUT2D eigenvalue weighted by Crippen LogP contribution is 2.49. The number of allylic oxidation sites excluding steroid dienone is 2. The monoisotopic (exact) mass is 330 g/mol. The predicted octanol–water partition coefficient (Wildman–Crippen LogP) is 2.02. The van der Waals surface area contributed by atoms with Gasteiger partial charge in [0.25, 0.3) is 0 Å². The van der Waals surface area contributed by atoms with E-state index in [9.17, 15) is 14.4 Å². The lowest BCUT2D eigenvalue weighted by atomic mass is 9.63. The Kier molecular flexibility index (Phi) is 4.19. The first-order valence-electron chi connectivity index (χ1n) is 9.48. The molecule has 2 saturated carbocycles. The van der Waals surface area contributed by atoms with Crippen molar-refractivity contribution in [2.75, 3.05) is 6.54 Å². The molecule has 0 aromatic carbocycles. The lowest BCUT2D eigenvalue weighted by Crippen LogP contribution is -2.39.